The third-order valence-corrected chi connectivity index (χ3v) is 3.42. The summed E-state index contributed by atoms with van der Waals surface area (Å²) in [4.78, 5) is 4.58. The summed E-state index contributed by atoms with van der Waals surface area (Å²) in [6.45, 7) is 14.5. The summed E-state index contributed by atoms with van der Waals surface area (Å²) < 4.78 is 5.27. The van der Waals surface area contributed by atoms with Crippen LogP contribution in [0, 0.1) is 5.41 Å². The van der Waals surface area contributed by atoms with Crippen LogP contribution in [0.15, 0.2) is 15.6 Å². The number of aryl methyl sites for hydroxylation is 1. The van der Waals surface area contributed by atoms with E-state index in [1.54, 1.807) is 0 Å². The fraction of sp³-hybridized carbons (Fsp3) is 0.765. The number of nitrogens with zero attached hydrogens (tertiary/aromatic N) is 2. The monoisotopic (exact) mass is 308 g/mol. The van der Waals surface area contributed by atoms with E-state index in [1.807, 2.05) is 6.07 Å². The molecule has 0 saturated carbocycles. The Morgan fingerprint density at radius 2 is 2.09 bits per heavy atom. The van der Waals surface area contributed by atoms with Gasteiger partial charge < -0.3 is 15.2 Å². The van der Waals surface area contributed by atoms with Crippen molar-refractivity contribution < 1.29 is 4.52 Å². The minimum atomic E-state index is 0.363. The van der Waals surface area contributed by atoms with Gasteiger partial charge in [-0.15, -0.1) is 0 Å². The van der Waals surface area contributed by atoms with Crippen molar-refractivity contribution in [1.29, 1.82) is 0 Å². The Morgan fingerprint density at radius 1 is 1.36 bits per heavy atom. The second kappa shape index (κ2) is 8.81. The van der Waals surface area contributed by atoms with E-state index in [0.717, 1.165) is 36.8 Å². The lowest BCUT2D eigenvalue weighted by molar-refractivity contribution is 0.346. The first-order valence-electron chi connectivity index (χ1n) is 8.33. The summed E-state index contributed by atoms with van der Waals surface area (Å²) in [7, 11) is 0. The number of guanidine groups is 1. The van der Waals surface area contributed by atoms with E-state index in [1.165, 1.54) is 6.42 Å². The second-order valence-electron chi connectivity index (χ2n) is 6.98. The third kappa shape index (κ3) is 7.48. The van der Waals surface area contributed by atoms with Gasteiger partial charge in [0.1, 0.15) is 6.54 Å². The number of aliphatic imine (C=N–C) groups is 1. The minimum Gasteiger partial charge on any atom is -0.359 e. The van der Waals surface area contributed by atoms with Gasteiger partial charge in [-0.1, -0.05) is 32.9 Å². The molecule has 5 heteroatoms. The van der Waals surface area contributed by atoms with Crippen LogP contribution < -0.4 is 10.6 Å². The van der Waals surface area contributed by atoms with Crippen molar-refractivity contribution in [2.75, 3.05) is 6.54 Å². The van der Waals surface area contributed by atoms with Crippen molar-refractivity contribution in [2.24, 2.45) is 10.4 Å². The van der Waals surface area contributed by atoms with Crippen molar-refractivity contribution >= 4 is 5.96 Å². The highest BCUT2D eigenvalue weighted by molar-refractivity contribution is 5.79. The number of rotatable bonds is 7. The van der Waals surface area contributed by atoms with Gasteiger partial charge in [-0.3, -0.25) is 0 Å². The zero-order valence-electron chi connectivity index (χ0n) is 15.0. The standard InChI is InChI=1S/C17H32N4O/c1-7-14-11-15(22-21-14)12-19-16(18-8-2)20-13(3)9-10-17(4,5)6/h11,13H,7-10,12H2,1-6H3,(H2,18,19,20). The molecule has 0 bridgehead atoms. The Kier molecular flexibility index (Phi) is 7.42. The molecule has 0 aromatic carbocycles. The van der Waals surface area contributed by atoms with Gasteiger partial charge in [0.15, 0.2) is 11.7 Å². The van der Waals surface area contributed by atoms with E-state index in [0.29, 0.717) is 18.0 Å². The van der Waals surface area contributed by atoms with Crippen LogP contribution in [0.2, 0.25) is 0 Å². The van der Waals surface area contributed by atoms with Crippen LogP contribution in [0.1, 0.15) is 65.8 Å². The molecule has 1 unspecified atom stereocenters. The van der Waals surface area contributed by atoms with Crippen LogP contribution in [0.3, 0.4) is 0 Å². The Balaban J connectivity index is 2.54. The molecule has 0 aliphatic rings. The van der Waals surface area contributed by atoms with Gasteiger partial charge >= 0.3 is 0 Å². The van der Waals surface area contributed by atoms with Crippen molar-refractivity contribution in [1.82, 2.24) is 15.8 Å². The predicted molar refractivity (Wildman–Crippen MR) is 92.0 cm³/mol. The average Bonchev–Trinajstić information content (AvgIpc) is 2.90. The summed E-state index contributed by atoms with van der Waals surface area (Å²) in [6, 6.07) is 2.36. The van der Waals surface area contributed by atoms with E-state index in [-0.39, 0.29) is 0 Å². The summed E-state index contributed by atoms with van der Waals surface area (Å²) in [6.07, 6.45) is 3.19. The van der Waals surface area contributed by atoms with Gasteiger partial charge in [-0.2, -0.15) is 0 Å². The maximum atomic E-state index is 5.27. The lowest BCUT2D eigenvalue weighted by Gasteiger charge is -2.23. The number of aromatic nitrogens is 1. The molecule has 1 heterocycles. The van der Waals surface area contributed by atoms with Gasteiger partial charge in [-0.05, 0) is 38.5 Å². The Labute approximate surface area is 135 Å². The maximum absolute atomic E-state index is 5.27. The second-order valence-corrected chi connectivity index (χ2v) is 6.98. The molecule has 5 nitrogen and oxygen atoms in total. The van der Waals surface area contributed by atoms with E-state index in [9.17, 15) is 0 Å². The fourth-order valence-corrected chi connectivity index (χ4v) is 2.03. The summed E-state index contributed by atoms with van der Waals surface area (Å²) in [5, 5.41) is 10.7. The first-order valence-corrected chi connectivity index (χ1v) is 8.33. The quantitative estimate of drug-likeness (QED) is 0.598. The largest absolute Gasteiger partial charge is 0.359 e. The normalized spacial score (nSPS) is 14.0. The SMILES string of the molecule is CCNC(=NCc1cc(CC)no1)NC(C)CCC(C)(C)C. The highest BCUT2D eigenvalue weighted by atomic mass is 16.5. The number of hydrogen-bond acceptors (Lipinski definition) is 3. The van der Waals surface area contributed by atoms with Crippen LogP contribution in [-0.2, 0) is 13.0 Å². The van der Waals surface area contributed by atoms with Gasteiger partial charge in [0, 0.05) is 18.7 Å². The molecule has 0 saturated heterocycles. The van der Waals surface area contributed by atoms with Crippen LogP contribution in [0.4, 0.5) is 0 Å². The van der Waals surface area contributed by atoms with E-state index >= 15 is 0 Å². The highest BCUT2D eigenvalue weighted by Crippen LogP contribution is 2.21. The molecule has 1 atom stereocenters. The topological polar surface area (TPSA) is 62.5 Å². The molecule has 0 radical (unpaired) electrons. The van der Waals surface area contributed by atoms with Crippen LogP contribution in [-0.4, -0.2) is 23.7 Å². The lowest BCUT2D eigenvalue weighted by atomic mass is 9.89. The smallest absolute Gasteiger partial charge is 0.191 e. The number of hydrogen-bond donors (Lipinski definition) is 2. The zero-order valence-corrected chi connectivity index (χ0v) is 15.0. The Bertz CT molecular complexity index is 459. The molecular formula is C17H32N4O. The minimum absolute atomic E-state index is 0.363. The summed E-state index contributed by atoms with van der Waals surface area (Å²) >= 11 is 0. The van der Waals surface area contributed by atoms with Crippen molar-refractivity contribution in [2.45, 2.75) is 73.4 Å². The van der Waals surface area contributed by atoms with Gasteiger partial charge in [-0.25, -0.2) is 4.99 Å². The van der Waals surface area contributed by atoms with Gasteiger partial charge in [0.25, 0.3) is 0 Å². The number of nitrogens with one attached hydrogen (secondary N) is 2. The predicted octanol–water partition coefficient (Wildman–Crippen LogP) is 3.51. The van der Waals surface area contributed by atoms with E-state index in [4.69, 9.17) is 4.52 Å². The summed E-state index contributed by atoms with van der Waals surface area (Å²) in [5.74, 6) is 1.63. The van der Waals surface area contributed by atoms with Crippen molar-refractivity contribution in [3.63, 3.8) is 0 Å². The van der Waals surface area contributed by atoms with Gasteiger partial charge in [0.2, 0.25) is 0 Å². The molecule has 0 aliphatic carbocycles. The molecule has 1 aromatic rings. The molecule has 0 spiro atoms. The summed E-state index contributed by atoms with van der Waals surface area (Å²) in [5.41, 5.74) is 1.34. The first-order chi connectivity index (χ1) is 10.3. The van der Waals surface area contributed by atoms with E-state index < -0.39 is 0 Å². The fourth-order valence-electron chi connectivity index (χ4n) is 2.03. The molecule has 1 aromatic heterocycles. The molecule has 2 N–H and O–H groups in total. The molecular weight excluding hydrogens is 276 g/mol. The first kappa shape index (κ1) is 18.5. The molecule has 22 heavy (non-hydrogen) atoms. The van der Waals surface area contributed by atoms with Crippen LogP contribution in [0.5, 0.6) is 0 Å². The van der Waals surface area contributed by atoms with Crippen molar-refractivity contribution in [3.05, 3.63) is 17.5 Å². The van der Waals surface area contributed by atoms with Crippen molar-refractivity contribution in [3.8, 4) is 0 Å². The van der Waals surface area contributed by atoms with Crippen LogP contribution >= 0.6 is 0 Å². The molecule has 126 valence electrons. The lowest BCUT2D eigenvalue weighted by Crippen LogP contribution is -2.42. The molecule has 1 rings (SSSR count). The zero-order chi connectivity index (χ0) is 16.6. The van der Waals surface area contributed by atoms with E-state index in [2.05, 4.69) is 62.3 Å². The average molecular weight is 308 g/mol. The Morgan fingerprint density at radius 3 is 2.64 bits per heavy atom. The van der Waals surface area contributed by atoms with Crippen LogP contribution in [0.25, 0.3) is 0 Å². The maximum Gasteiger partial charge on any atom is 0.191 e. The third-order valence-electron chi connectivity index (χ3n) is 3.42. The van der Waals surface area contributed by atoms with Gasteiger partial charge in [0.05, 0.1) is 5.69 Å². The molecule has 0 aliphatic heterocycles. The Hall–Kier alpha value is -1.52. The molecule has 0 fully saturated rings. The highest BCUT2D eigenvalue weighted by Gasteiger charge is 2.13. The molecule has 0 amide bonds.